The Balaban J connectivity index is 1.70. The number of aryl methyl sites for hydroxylation is 1. The van der Waals surface area contributed by atoms with Crippen LogP contribution in [0.2, 0.25) is 0 Å². The number of thiazole rings is 1. The second-order valence-electron chi connectivity index (χ2n) is 6.96. The third-order valence-corrected chi connectivity index (χ3v) is 5.08. The van der Waals surface area contributed by atoms with Crippen LogP contribution in [-0.2, 0) is 4.79 Å². The fourth-order valence-corrected chi connectivity index (χ4v) is 3.52. The number of carbonyl (C=O) groups excluding carboxylic acids is 2. The first-order valence-corrected chi connectivity index (χ1v) is 10.0. The predicted octanol–water partition coefficient (Wildman–Crippen LogP) is 4.51. The van der Waals surface area contributed by atoms with Gasteiger partial charge in [-0.05, 0) is 25.0 Å². The lowest BCUT2D eigenvalue weighted by atomic mass is 10.0. The molecule has 1 aromatic heterocycles. The molecule has 0 aliphatic rings. The van der Waals surface area contributed by atoms with E-state index in [9.17, 15) is 9.59 Å². The lowest BCUT2D eigenvalue weighted by molar-refractivity contribution is -0.118. The molecule has 5 nitrogen and oxygen atoms in total. The molecule has 2 amide bonds. The van der Waals surface area contributed by atoms with Crippen LogP contribution in [0.3, 0.4) is 0 Å². The monoisotopic (exact) mass is 393 g/mol. The summed E-state index contributed by atoms with van der Waals surface area (Å²) in [5.41, 5.74) is 3.34. The van der Waals surface area contributed by atoms with Crippen LogP contribution < -0.4 is 10.6 Å². The highest BCUT2D eigenvalue weighted by molar-refractivity contribution is 7.14. The number of nitrogens with zero attached hydrogens (tertiary/aromatic N) is 1. The Kier molecular flexibility index (Phi) is 6.21. The first-order chi connectivity index (χ1) is 13.4. The van der Waals surface area contributed by atoms with E-state index < -0.39 is 6.04 Å². The van der Waals surface area contributed by atoms with Crippen molar-refractivity contribution < 1.29 is 9.59 Å². The number of hydrogen-bond donors (Lipinski definition) is 2. The molecule has 0 saturated carbocycles. The van der Waals surface area contributed by atoms with Gasteiger partial charge in [0.15, 0.2) is 5.13 Å². The molecular formula is C22H23N3O2S. The molecule has 0 radical (unpaired) electrons. The first-order valence-electron chi connectivity index (χ1n) is 9.13. The predicted molar refractivity (Wildman–Crippen MR) is 113 cm³/mol. The molecule has 28 heavy (non-hydrogen) atoms. The number of aromatic nitrogens is 1. The average Bonchev–Trinajstić information content (AvgIpc) is 3.14. The lowest BCUT2D eigenvalue weighted by Crippen LogP contribution is -2.47. The van der Waals surface area contributed by atoms with Gasteiger partial charge in [-0.25, -0.2) is 4.98 Å². The fraction of sp³-hybridized carbons (Fsp3) is 0.227. The molecule has 144 valence electrons. The molecule has 0 bridgehead atoms. The summed E-state index contributed by atoms with van der Waals surface area (Å²) in [4.78, 5) is 29.8. The lowest BCUT2D eigenvalue weighted by Gasteiger charge is -2.21. The van der Waals surface area contributed by atoms with Crippen LogP contribution in [0.5, 0.6) is 0 Å². The van der Waals surface area contributed by atoms with Crippen LogP contribution >= 0.6 is 11.3 Å². The van der Waals surface area contributed by atoms with E-state index in [4.69, 9.17) is 0 Å². The van der Waals surface area contributed by atoms with E-state index in [-0.39, 0.29) is 17.7 Å². The number of hydrogen-bond acceptors (Lipinski definition) is 4. The van der Waals surface area contributed by atoms with Crippen LogP contribution in [0.1, 0.15) is 29.8 Å². The van der Waals surface area contributed by atoms with Gasteiger partial charge in [0.1, 0.15) is 6.04 Å². The van der Waals surface area contributed by atoms with Crippen LogP contribution in [0.25, 0.3) is 11.3 Å². The zero-order valence-corrected chi connectivity index (χ0v) is 16.9. The minimum absolute atomic E-state index is 0.0673. The Morgan fingerprint density at radius 3 is 2.46 bits per heavy atom. The fourth-order valence-electron chi connectivity index (χ4n) is 2.80. The van der Waals surface area contributed by atoms with Crippen molar-refractivity contribution in [3.05, 3.63) is 71.1 Å². The normalized spacial score (nSPS) is 11.9. The van der Waals surface area contributed by atoms with E-state index in [1.54, 1.807) is 12.1 Å². The molecule has 1 heterocycles. The number of nitrogens with one attached hydrogen (secondary N) is 2. The summed E-state index contributed by atoms with van der Waals surface area (Å²) >= 11 is 1.36. The van der Waals surface area contributed by atoms with Crippen LogP contribution in [0.4, 0.5) is 5.13 Å². The Bertz CT molecular complexity index is 967. The van der Waals surface area contributed by atoms with E-state index in [0.717, 1.165) is 16.8 Å². The van der Waals surface area contributed by atoms with Gasteiger partial charge in [0, 0.05) is 16.5 Å². The summed E-state index contributed by atoms with van der Waals surface area (Å²) in [6.07, 6.45) is 0. The summed E-state index contributed by atoms with van der Waals surface area (Å²) in [6, 6.07) is 16.4. The summed E-state index contributed by atoms with van der Waals surface area (Å²) in [5.74, 6) is -0.603. The molecule has 6 heteroatoms. The van der Waals surface area contributed by atoms with E-state index in [0.29, 0.717) is 10.7 Å². The van der Waals surface area contributed by atoms with E-state index in [1.807, 2.05) is 68.6 Å². The number of amides is 2. The van der Waals surface area contributed by atoms with Crippen molar-refractivity contribution in [2.24, 2.45) is 5.92 Å². The molecule has 0 aliphatic heterocycles. The molecule has 3 aromatic rings. The molecule has 0 aliphatic carbocycles. The Morgan fingerprint density at radius 1 is 1.04 bits per heavy atom. The highest BCUT2D eigenvalue weighted by atomic mass is 32.1. The summed E-state index contributed by atoms with van der Waals surface area (Å²) < 4.78 is 0. The van der Waals surface area contributed by atoms with Crippen LogP contribution in [-0.4, -0.2) is 22.8 Å². The van der Waals surface area contributed by atoms with Gasteiger partial charge in [-0.2, -0.15) is 0 Å². The Morgan fingerprint density at radius 2 is 1.79 bits per heavy atom. The second-order valence-corrected chi connectivity index (χ2v) is 7.82. The standard InChI is InChI=1S/C22H23N3O2S/c1-14(2)19(24-20(26)17-11-7-8-15(3)12-17)21(27)25-22-23-18(13-28-22)16-9-5-4-6-10-16/h4-14,19H,1-3H3,(H,24,26)(H,23,25,27). The molecule has 0 spiro atoms. The van der Waals surface area contributed by atoms with Gasteiger partial charge in [0.2, 0.25) is 5.91 Å². The largest absolute Gasteiger partial charge is 0.340 e. The third kappa shape index (κ3) is 4.84. The van der Waals surface area contributed by atoms with Crippen LogP contribution in [0.15, 0.2) is 60.0 Å². The summed E-state index contributed by atoms with van der Waals surface area (Å²) in [6.45, 7) is 5.73. The van der Waals surface area contributed by atoms with Crippen molar-refractivity contribution in [3.8, 4) is 11.3 Å². The van der Waals surface area contributed by atoms with Gasteiger partial charge in [-0.15, -0.1) is 11.3 Å². The highest BCUT2D eigenvalue weighted by Crippen LogP contribution is 2.25. The molecule has 0 saturated heterocycles. The minimum Gasteiger partial charge on any atom is -0.340 e. The second kappa shape index (κ2) is 8.80. The topological polar surface area (TPSA) is 71.1 Å². The van der Waals surface area contributed by atoms with Gasteiger partial charge < -0.3 is 10.6 Å². The minimum atomic E-state index is -0.655. The van der Waals surface area contributed by atoms with Crippen molar-refractivity contribution in [1.82, 2.24) is 10.3 Å². The van der Waals surface area contributed by atoms with Gasteiger partial charge >= 0.3 is 0 Å². The zero-order valence-electron chi connectivity index (χ0n) is 16.1. The number of rotatable bonds is 6. The van der Waals surface area contributed by atoms with Gasteiger partial charge in [-0.3, -0.25) is 9.59 Å². The van der Waals surface area contributed by atoms with Gasteiger partial charge in [0.25, 0.3) is 5.91 Å². The van der Waals surface area contributed by atoms with Crippen molar-refractivity contribution in [1.29, 1.82) is 0 Å². The zero-order chi connectivity index (χ0) is 20.1. The van der Waals surface area contributed by atoms with Crippen molar-refractivity contribution in [2.75, 3.05) is 5.32 Å². The number of benzene rings is 2. The summed E-state index contributed by atoms with van der Waals surface area (Å²) in [7, 11) is 0. The maximum atomic E-state index is 12.8. The van der Waals surface area contributed by atoms with E-state index in [1.165, 1.54) is 11.3 Å². The number of carbonyl (C=O) groups is 2. The van der Waals surface area contributed by atoms with Crippen LogP contribution in [0, 0.1) is 12.8 Å². The average molecular weight is 394 g/mol. The molecule has 3 rings (SSSR count). The number of anilines is 1. The maximum Gasteiger partial charge on any atom is 0.251 e. The summed E-state index contributed by atoms with van der Waals surface area (Å²) in [5, 5.41) is 8.10. The van der Waals surface area contributed by atoms with Crippen molar-refractivity contribution in [3.63, 3.8) is 0 Å². The molecular weight excluding hydrogens is 370 g/mol. The molecule has 1 atom stereocenters. The van der Waals surface area contributed by atoms with E-state index >= 15 is 0 Å². The van der Waals surface area contributed by atoms with E-state index in [2.05, 4.69) is 15.6 Å². The highest BCUT2D eigenvalue weighted by Gasteiger charge is 2.25. The van der Waals surface area contributed by atoms with Crippen molar-refractivity contribution >= 4 is 28.3 Å². The molecule has 0 fully saturated rings. The Hall–Kier alpha value is -2.99. The van der Waals surface area contributed by atoms with Gasteiger partial charge in [0.05, 0.1) is 5.69 Å². The first kappa shape index (κ1) is 19.8. The SMILES string of the molecule is Cc1cccc(C(=O)NC(C(=O)Nc2nc(-c3ccccc3)cs2)C(C)C)c1. The Labute approximate surface area is 168 Å². The quantitative estimate of drug-likeness (QED) is 0.647. The maximum absolute atomic E-state index is 12.8. The molecule has 1 unspecified atom stereocenters. The smallest absolute Gasteiger partial charge is 0.251 e. The molecule has 2 N–H and O–H groups in total. The third-order valence-electron chi connectivity index (χ3n) is 4.32. The molecule has 2 aromatic carbocycles. The van der Waals surface area contributed by atoms with Crippen molar-refractivity contribution in [2.45, 2.75) is 26.8 Å². The van der Waals surface area contributed by atoms with Gasteiger partial charge in [-0.1, -0.05) is 61.9 Å².